The number of fused-ring (bicyclic) bond motifs is 1. The molecule has 0 atom stereocenters. The van der Waals surface area contributed by atoms with Gasteiger partial charge in [-0.3, -0.25) is 9.48 Å². The predicted molar refractivity (Wildman–Crippen MR) is 70.1 cm³/mol. The number of methoxy groups -OCH3 is 1. The Balaban J connectivity index is 2.80. The molecule has 1 aromatic heterocycles. The number of carboxylic acids is 2. The Morgan fingerprint density at radius 2 is 2.00 bits per heavy atom. The first-order chi connectivity index (χ1) is 9.85. The molecule has 0 aliphatic rings. The molecule has 110 valence electrons. The standard InChI is InChI=1S/C12H11N3O6/c1-21-12(20)5-2-6(11(18)19)9-7(3-5)15(4-8(16)17)14-10(9)13/h2-3H,4H2,1H3,(H2,13,14)(H,16,17)(H,18,19). The Hall–Kier alpha value is -3.10. The lowest BCUT2D eigenvalue weighted by molar-refractivity contribution is -0.137. The molecule has 0 saturated heterocycles. The Morgan fingerprint density at radius 3 is 2.52 bits per heavy atom. The first-order valence-corrected chi connectivity index (χ1v) is 5.68. The van der Waals surface area contributed by atoms with Gasteiger partial charge in [0.1, 0.15) is 6.54 Å². The lowest BCUT2D eigenvalue weighted by Gasteiger charge is -2.05. The summed E-state index contributed by atoms with van der Waals surface area (Å²) in [6.45, 7) is -0.516. The number of carbonyl (C=O) groups excluding carboxylic acids is 1. The molecule has 2 rings (SSSR count). The van der Waals surface area contributed by atoms with E-state index in [2.05, 4.69) is 9.84 Å². The van der Waals surface area contributed by atoms with Crippen LogP contribution in [-0.2, 0) is 16.1 Å². The van der Waals surface area contributed by atoms with Crippen LogP contribution in [0.25, 0.3) is 10.9 Å². The lowest BCUT2D eigenvalue weighted by atomic mass is 10.1. The summed E-state index contributed by atoms with van der Waals surface area (Å²) >= 11 is 0. The summed E-state index contributed by atoms with van der Waals surface area (Å²) in [7, 11) is 1.15. The van der Waals surface area contributed by atoms with Gasteiger partial charge in [0.15, 0.2) is 5.82 Å². The summed E-state index contributed by atoms with van der Waals surface area (Å²) in [5.74, 6) is -3.37. The van der Waals surface area contributed by atoms with E-state index in [0.29, 0.717) is 0 Å². The van der Waals surface area contributed by atoms with Crippen molar-refractivity contribution >= 4 is 34.6 Å². The van der Waals surface area contributed by atoms with Crippen LogP contribution in [0.3, 0.4) is 0 Å². The third-order valence-corrected chi connectivity index (χ3v) is 2.82. The number of esters is 1. The molecule has 0 aliphatic carbocycles. The third-order valence-electron chi connectivity index (χ3n) is 2.82. The van der Waals surface area contributed by atoms with Crippen LogP contribution in [0, 0.1) is 0 Å². The summed E-state index contributed by atoms with van der Waals surface area (Å²) in [4.78, 5) is 33.7. The summed E-state index contributed by atoms with van der Waals surface area (Å²) < 4.78 is 5.56. The number of hydrogen-bond donors (Lipinski definition) is 3. The number of rotatable bonds is 4. The molecular weight excluding hydrogens is 282 g/mol. The first kappa shape index (κ1) is 14.3. The van der Waals surface area contributed by atoms with Gasteiger partial charge >= 0.3 is 17.9 Å². The van der Waals surface area contributed by atoms with Gasteiger partial charge in [-0.1, -0.05) is 0 Å². The molecule has 0 spiro atoms. The molecule has 0 saturated carbocycles. The number of nitrogen functional groups attached to an aromatic ring is 1. The van der Waals surface area contributed by atoms with E-state index in [-0.39, 0.29) is 27.8 Å². The van der Waals surface area contributed by atoms with Gasteiger partial charge < -0.3 is 20.7 Å². The van der Waals surface area contributed by atoms with Crippen LogP contribution in [0.2, 0.25) is 0 Å². The number of carbonyl (C=O) groups is 3. The molecule has 0 aliphatic heterocycles. The van der Waals surface area contributed by atoms with E-state index in [1.165, 1.54) is 6.07 Å². The van der Waals surface area contributed by atoms with Crippen LogP contribution in [0.15, 0.2) is 12.1 Å². The molecule has 0 bridgehead atoms. The Bertz CT molecular complexity index is 764. The fourth-order valence-corrected chi connectivity index (χ4v) is 1.99. The summed E-state index contributed by atoms with van der Waals surface area (Å²) in [5.41, 5.74) is 5.50. The Morgan fingerprint density at radius 1 is 1.33 bits per heavy atom. The number of hydrogen-bond acceptors (Lipinski definition) is 6. The highest BCUT2D eigenvalue weighted by Crippen LogP contribution is 2.27. The van der Waals surface area contributed by atoms with Crippen molar-refractivity contribution in [3.8, 4) is 0 Å². The second-order valence-corrected chi connectivity index (χ2v) is 4.15. The maximum Gasteiger partial charge on any atom is 0.337 e. The summed E-state index contributed by atoms with van der Waals surface area (Å²) in [6.07, 6.45) is 0. The van der Waals surface area contributed by atoms with Gasteiger partial charge in [0.05, 0.1) is 29.1 Å². The summed E-state index contributed by atoms with van der Waals surface area (Å²) in [6, 6.07) is 2.40. The largest absolute Gasteiger partial charge is 0.480 e. The average molecular weight is 293 g/mol. The number of aromatic carboxylic acids is 1. The van der Waals surface area contributed by atoms with Crippen molar-refractivity contribution in [3.05, 3.63) is 23.3 Å². The number of aromatic nitrogens is 2. The van der Waals surface area contributed by atoms with E-state index in [4.69, 9.17) is 10.8 Å². The molecule has 1 heterocycles. The van der Waals surface area contributed by atoms with Gasteiger partial charge in [-0.25, -0.2) is 9.59 Å². The molecule has 1 aromatic carbocycles. The van der Waals surface area contributed by atoms with Crippen molar-refractivity contribution in [2.75, 3.05) is 12.8 Å². The minimum atomic E-state index is -1.31. The van der Waals surface area contributed by atoms with Gasteiger partial charge in [0.25, 0.3) is 0 Å². The monoisotopic (exact) mass is 293 g/mol. The number of carboxylic acid groups (broad SMARTS) is 2. The van der Waals surface area contributed by atoms with Crippen LogP contribution in [0.4, 0.5) is 5.82 Å². The van der Waals surface area contributed by atoms with Crippen molar-refractivity contribution in [2.45, 2.75) is 6.54 Å². The number of anilines is 1. The molecule has 0 unspecified atom stereocenters. The maximum absolute atomic E-state index is 11.6. The molecule has 21 heavy (non-hydrogen) atoms. The van der Waals surface area contributed by atoms with Crippen molar-refractivity contribution in [1.29, 1.82) is 0 Å². The van der Waals surface area contributed by atoms with E-state index >= 15 is 0 Å². The molecule has 9 heteroatoms. The van der Waals surface area contributed by atoms with E-state index in [1.54, 1.807) is 0 Å². The fraction of sp³-hybridized carbons (Fsp3) is 0.167. The van der Waals surface area contributed by atoms with Crippen LogP contribution in [0.1, 0.15) is 20.7 Å². The quantitative estimate of drug-likeness (QED) is 0.677. The summed E-state index contributed by atoms with van der Waals surface area (Å²) in [5, 5.41) is 21.9. The van der Waals surface area contributed by atoms with Gasteiger partial charge in [0.2, 0.25) is 0 Å². The lowest BCUT2D eigenvalue weighted by Crippen LogP contribution is -2.11. The number of benzene rings is 1. The molecule has 0 fully saturated rings. The van der Waals surface area contributed by atoms with E-state index in [1.807, 2.05) is 0 Å². The van der Waals surface area contributed by atoms with E-state index in [9.17, 15) is 19.5 Å². The van der Waals surface area contributed by atoms with Crippen molar-refractivity contribution in [3.63, 3.8) is 0 Å². The molecule has 4 N–H and O–H groups in total. The highest BCUT2D eigenvalue weighted by atomic mass is 16.5. The van der Waals surface area contributed by atoms with Gasteiger partial charge in [0, 0.05) is 0 Å². The number of nitrogens with zero attached hydrogens (tertiary/aromatic N) is 2. The Labute approximate surface area is 117 Å². The first-order valence-electron chi connectivity index (χ1n) is 5.68. The minimum absolute atomic E-state index is 0.0334. The SMILES string of the molecule is COC(=O)c1cc(C(=O)O)c2c(N)nn(CC(=O)O)c2c1. The Kier molecular flexibility index (Phi) is 3.49. The minimum Gasteiger partial charge on any atom is -0.480 e. The molecule has 0 radical (unpaired) electrons. The predicted octanol–water partition coefficient (Wildman–Crippen LogP) is 0.188. The number of nitrogens with two attached hydrogens (primary N) is 1. The molecule has 0 amide bonds. The normalized spacial score (nSPS) is 10.5. The smallest absolute Gasteiger partial charge is 0.337 e. The topological polar surface area (TPSA) is 145 Å². The van der Waals surface area contributed by atoms with E-state index in [0.717, 1.165) is 17.9 Å². The zero-order valence-electron chi connectivity index (χ0n) is 10.9. The zero-order valence-corrected chi connectivity index (χ0v) is 10.9. The highest BCUT2D eigenvalue weighted by molar-refractivity contribution is 6.10. The third kappa shape index (κ3) is 2.48. The molecule has 9 nitrogen and oxygen atoms in total. The van der Waals surface area contributed by atoms with Crippen molar-refractivity contribution in [2.24, 2.45) is 0 Å². The van der Waals surface area contributed by atoms with Gasteiger partial charge in [-0.15, -0.1) is 0 Å². The van der Waals surface area contributed by atoms with Crippen LogP contribution < -0.4 is 5.73 Å². The van der Waals surface area contributed by atoms with Crippen LogP contribution >= 0.6 is 0 Å². The van der Waals surface area contributed by atoms with Crippen molar-refractivity contribution < 1.29 is 29.3 Å². The second-order valence-electron chi connectivity index (χ2n) is 4.15. The molecular formula is C12H11N3O6. The van der Waals surface area contributed by atoms with Gasteiger partial charge in [-0.2, -0.15) is 5.10 Å². The number of aliphatic carboxylic acids is 1. The van der Waals surface area contributed by atoms with Gasteiger partial charge in [-0.05, 0) is 12.1 Å². The second kappa shape index (κ2) is 5.12. The fourth-order valence-electron chi connectivity index (χ4n) is 1.99. The number of ether oxygens (including phenoxy) is 1. The highest BCUT2D eigenvalue weighted by Gasteiger charge is 2.21. The van der Waals surface area contributed by atoms with E-state index < -0.39 is 24.5 Å². The maximum atomic E-state index is 11.6. The van der Waals surface area contributed by atoms with Crippen LogP contribution in [-0.4, -0.2) is 45.0 Å². The molecule has 2 aromatic rings. The zero-order chi connectivity index (χ0) is 15.7. The van der Waals surface area contributed by atoms with Crippen molar-refractivity contribution in [1.82, 2.24) is 9.78 Å². The van der Waals surface area contributed by atoms with Crippen LogP contribution in [0.5, 0.6) is 0 Å². The average Bonchev–Trinajstić information content (AvgIpc) is 2.72.